The highest BCUT2D eigenvalue weighted by molar-refractivity contribution is 6.16. The molecule has 6 heterocycles. The summed E-state index contributed by atoms with van der Waals surface area (Å²) in [5.41, 5.74) is 37.3. The summed E-state index contributed by atoms with van der Waals surface area (Å²) >= 11 is 0. The van der Waals surface area contributed by atoms with Crippen LogP contribution in [0.2, 0.25) is 0 Å². The minimum atomic E-state index is 0.611. The van der Waals surface area contributed by atoms with E-state index in [2.05, 4.69) is 373 Å². The number of para-hydroxylation sites is 4. The Balaban J connectivity index is 0.484. The highest BCUT2D eigenvalue weighted by Gasteiger charge is 2.25. The quantitative estimate of drug-likeness (QED) is 0.0835. The maximum atomic E-state index is 6.91. The third-order valence-corrected chi connectivity index (χ3v) is 27.8. The lowest BCUT2D eigenvalue weighted by atomic mass is 9.93. The molecular weight excluding hydrogens is 1730 g/mol. The highest BCUT2D eigenvalue weighted by atomic mass is 16.3. The first kappa shape index (κ1) is 82.3. The summed E-state index contributed by atoms with van der Waals surface area (Å²) in [5, 5.41) is 8.99. The first-order valence-corrected chi connectivity index (χ1v) is 48.0. The fourth-order valence-electron chi connectivity index (χ4n) is 20.8. The molecule has 0 unspecified atom stereocenters. The number of hydrogen-bond acceptors (Lipinski definition) is 8. The number of furan rings is 2. The molecule has 10 heteroatoms. The second-order valence-corrected chi connectivity index (χ2v) is 36.4. The van der Waals surface area contributed by atoms with E-state index >= 15 is 0 Å². The average molecular weight is 1810 g/mol. The summed E-state index contributed by atoms with van der Waals surface area (Å²) in [6, 6.07) is 177. The van der Waals surface area contributed by atoms with Gasteiger partial charge in [-0.3, -0.25) is 0 Å². The second kappa shape index (κ2) is 34.6. The largest absolute Gasteiger partial charge is 0.455 e. The van der Waals surface area contributed by atoms with E-state index in [9.17, 15) is 0 Å². The van der Waals surface area contributed by atoms with Crippen molar-refractivity contribution in [2.75, 3.05) is 0 Å². The molecule has 0 aliphatic rings. The predicted molar refractivity (Wildman–Crippen MR) is 583 cm³/mol. The molecule has 0 aliphatic carbocycles. The van der Waals surface area contributed by atoms with Crippen LogP contribution in [0.25, 0.3) is 278 Å². The van der Waals surface area contributed by atoms with Gasteiger partial charge in [-0.25, -0.2) is 29.9 Å². The lowest BCUT2D eigenvalue weighted by Crippen LogP contribution is -2.00. The summed E-state index contributed by atoms with van der Waals surface area (Å²) in [4.78, 5) is 30.2. The van der Waals surface area contributed by atoms with Crippen molar-refractivity contribution in [2.45, 2.75) is 0 Å². The number of rotatable bonds is 18. The molecule has 662 valence electrons. The van der Waals surface area contributed by atoms with Gasteiger partial charge in [0.25, 0.3) is 0 Å². The van der Waals surface area contributed by atoms with Crippen LogP contribution < -0.4 is 0 Å². The van der Waals surface area contributed by atoms with E-state index in [1.54, 1.807) is 0 Å². The Labute approximate surface area is 818 Å². The summed E-state index contributed by atoms with van der Waals surface area (Å²) in [6.45, 7) is 0. The molecule has 0 fully saturated rings. The molecule has 0 bridgehead atoms. The Morgan fingerprint density at radius 3 is 0.690 bits per heavy atom. The first-order valence-electron chi connectivity index (χ1n) is 48.0. The van der Waals surface area contributed by atoms with Crippen LogP contribution in [-0.2, 0) is 0 Å². The van der Waals surface area contributed by atoms with Crippen molar-refractivity contribution >= 4 is 87.5 Å². The van der Waals surface area contributed by atoms with Crippen molar-refractivity contribution in [3.05, 3.63) is 497 Å². The smallest absolute Gasteiger partial charge is 0.164 e. The van der Waals surface area contributed by atoms with E-state index in [0.717, 1.165) is 222 Å². The van der Waals surface area contributed by atoms with Gasteiger partial charge in [0.1, 0.15) is 22.3 Å². The van der Waals surface area contributed by atoms with Crippen molar-refractivity contribution in [1.82, 2.24) is 39.0 Å². The molecule has 27 rings (SSSR count). The molecule has 0 aliphatic heterocycles. The molecule has 0 saturated heterocycles. The minimum absolute atomic E-state index is 0.611. The van der Waals surface area contributed by atoms with E-state index in [4.69, 9.17) is 38.7 Å². The van der Waals surface area contributed by atoms with Crippen LogP contribution in [0.1, 0.15) is 0 Å². The topological polar surface area (TPSA) is 113 Å². The number of fused-ring (bicyclic) bond motifs is 12. The van der Waals surface area contributed by atoms with E-state index in [0.29, 0.717) is 34.9 Å². The summed E-state index contributed by atoms with van der Waals surface area (Å²) < 4.78 is 18.7. The van der Waals surface area contributed by atoms with Gasteiger partial charge in [0.05, 0.1) is 22.1 Å². The SMILES string of the molecule is c1ccc(-c2nc(-c3ccccc3)nc(-c3cccc(-c4cccc(-c5cccc(-c6cc(-c7cccc(-n8c9ccccc9c9cc(-c%10cccc(-c%11ccc%12c(c%11)c%11ccccc%11n%12-c%11cccc(-c%12cc(-c%13cccc(-c%14cccc(-c%15cccc(-c%16nc(-c%17ccccc%17)nc(-c%17ccccc%17)n%16)c%15)c%14)c%13)c%13oc%14ccccc%14c%13c%12)c%11)c%10)ccc98)c7)cc7c6oc6ccccc67)c5)c4)c3)n2)cc1. The summed E-state index contributed by atoms with van der Waals surface area (Å²) in [6.07, 6.45) is 0. The monoisotopic (exact) mass is 1810 g/mol. The van der Waals surface area contributed by atoms with Crippen molar-refractivity contribution < 1.29 is 8.83 Å². The lowest BCUT2D eigenvalue weighted by molar-refractivity contribution is 0.669. The van der Waals surface area contributed by atoms with Crippen molar-refractivity contribution in [1.29, 1.82) is 0 Å². The molecule has 0 saturated carbocycles. The van der Waals surface area contributed by atoms with Gasteiger partial charge in [-0.2, -0.15) is 0 Å². The molecular formula is C132H82N8O2. The number of aromatic nitrogens is 8. The van der Waals surface area contributed by atoms with E-state index < -0.39 is 0 Å². The Hall–Kier alpha value is -19.2. The van der Waals surface area contributed by atoms with Crippen molar-refractivity contribution in [3.63, 3.8) is 0 Å². The zero-order valence-corrected chi connectivity index (χ0v) is 76.7. The third-order valence-electron chi connectivity index (χ3n) is 27.8. The summed E-state index contributed by atoms with van der Waals surface area (Å²) in [5.74, 6) is 3.73. The fraction of sp³-hybridized carbons (Fsp3) is 0. The molecule has 10 nitrogen and oxygen atoms in total. The normalized spacial score (nSPS) is 11.7. The van der Waals surface area contributed by atoms with E-state index in [-0.39, 0.29) is 0 Å². The minimum Gasteiger partial charge on any atom is -0.455 e. The number of hydrogen-bond donors (Lipinski definition) is 0. The average Bonchev–Trinajstić information content (AvgIpc) is 1.58. The molecule has 0 radical (unpaired) electrons. The van der Waals surface area contributed by atoms with Gasteiger partial charge >= 0.3 is 0 Å². The van der Waals surface area contributed by atoms with Crippen LogP contribution in [0.15, 0.2) is 506 Å². The molecule has 0 atom stereocenters. The third kappa shape index (κ3) is 14.9. The van der Waals surface area contributed by atoms with E-state index in [1.807, 2.05) is 133 Å². The summed E-state index contributed by atoms with van der Waals surface area (Å²) in [7, 11) is 0. The van der Waals surface area contributed by atoms with Crippen LogP contribution in [0.5, 0.6) is 0 Å². The van der Waals surface area contributed by atoms with Gasteiger partial charge in [-0.05, 0) is 240 Å². The second-order valence-electron chi connectivity index (χ2n) is 36.4. The van der Waals surface area contributed by atoms with Gasteiger partial charge in [-0.15, -0.1) is 0 Å². The maximum Gasteiger partial charge on any atom is 0.164 e. The number of nitrogens with zero attached hydrogens (tertiary/aromatic N) is 8. The molecule has 0 spiro atoms. The molecule has 6 aromatic heterocycles. The van der Waals surface area contributed by atoms with Crippen molar-refractivity contribution in [2.24, 2.45) is 0 Å². The molecule has 142 heavy (non-hydrogen) atoms. The predicted octanol–water partition coefficient (Wildman–Crippen LogP) is 34.7. The maximum absolute atomic E-state index is 6.91. The van der Waals surface area contributed by atoms with Gasteiger partial charge in [0.15, 0.2) is 34.9 Å². The van der Waals surface area contributed by atoms with Crippen LogP contribution >= 0.6 is 0 Å². The Morgan fingerprint density at radius 1 is 0.134 bits per heavy atom. The van der Waals surface area contributed by atoms with Gasteiger partial charge in [0, 0.05) is 99.0 Å². The molecule has 0 N–H and O–H groups in total. The van der Waals surface area contributed by atoms with E-state index in [1.165, 1.54) is 21.5 Å². The fourth-order valence-corrected chi connectivity index (χ4v) is 20.8. The Morgan fingerprint density at radius 2 is 0.359 bits per heavy atom. The van der Waals surface area contributed by atoms with Crippen LogP contribution in [0, 0.1) is 0 Å². The standard InChI is InChI=1S/C132H82N8O2/c1-5-30-83(31-6-1)127-133-128(84-32-7-2-8-33-84)136-131(135-127)103-52-26-46-95(73-103)89-40-21-38-87(68-89)93-44-24-50-101(71-93)113-79-105(81-117-111-58-15-19-62-123(111)141-125(113)117)97-48-28-54-107(75-97)139-119-60-17-13-56-109(119)115-77-99(64-66-121(115)139)91-42-23-43-92(70-91)100-65-67-122-116(78-100)110-57-14-18-61-120(110)140(122)108-55-29-49-98(76-108)106-80-114(126-118(82-106)112-59-16-20-63-124(112)142-126)102-51-25-45-94(72-102)88-39-22-41-90(69-88)96-47-27-53-104(74-96)132-137-129(85-34-9-3-10-35-85)134-130(138-132)86-36-11-4-12-37-86/h1-82H. The van der Waals surface area contributed by atoms with Crippen molar-refractivity contribution in [3.8, 4) is 191 Å². The van der Waals surface area contributed by atoms with Gasteiger partial charge < -0.3 is 18.0 Å². The Kier molecular flexibility index (Phi) is 20.0. The van der Waals surface area contributed by atoms with Crippen LogP contribution in [0.4, 0.5) is 0 Å². The lowest BCUT2D eigenvalue weighted by Gasteiger charge is -2.13. The number of benzene rings is 21. The Bertz CT molecular complexity index is 9030. The van der Waals surface area contributed by atoms with Gasteiger partial charge in [0.2, 0.25) is 0 Å². The molecule has 21 aromatic carbocycles. The van der Waals surface area contributed by atoms with Crippen LogP contribution in [-0.4, -0.2) is 39.0 Å². The first-order chi connectivity index (χ1) is 70.3. The molecule has 0 amide bonds. The van der Waals surface area contributed by atoms with Gasteiger partial charge in [-0.1, -0.05) is 358 Å². The molecule has 27 aromatic rings. The zero-order chi connectivity index (χ0) is 93.7. The zero-order valence-electron chi connectivity index (χ0n) is 76.7. The highest BCUT2D eigenvalue weighted by Crippen LogP contribution is 2.48. The van der Waals surface area contributed by atoms with Crippen LogP contribution in [0.3, 0.4) is 0 Å².